The van der Waals surface area contributed by atoms with Gasteiger partial charge in [0.1, 0.15) is 5.56 Å². The SMILES string of the molecule is N#CC1CC(NC2CCS(O)(O)C2)CCC1n1cc(C(N)=O)c(Nc2ccc(S(=O)(=O)C(F)(F)F)cc2)n1. The summed E-state index contributed by atoms with van der Waals surface area (Å²) in [5, 5.41) is 20.4. The van der Waals surface area contributed by atoms with Crippen LogP contribution < -0.4 is 16.4 Å². The van der Waals surface area contributed by atoms with Crippen molar-refractivity contribution in [3.63, 3.8) is 0 Å². The normalized spacial score (nSPS) is 26.4. The maximum Gasteiger partial charge on any atom is 0.501 e. The second-order valence-corrected chi connectivity index (χ2v) is 13.8. The van der Waals surface area contributed by atoms with Gasteiger partial charge in [0, 0.05) is 29.7 Å². The highest BCUT2D eigenvalue weighted by atomic mass is 32.3. The molecule has 4 atom stereocenters. The summed E-state index contributed by atoms with van der Waals surface area (Å²) >= 11 is 0. The molecule has 1 aliphatic heterocycles. The molecule has 1 saturated carbocycles. The third-order valence-electron chi connectivity index (χ3n) is 6.78. The number of primary amides is 1. The van der Waals surface area contributed by atoms with Gasteiger partial charge < -0.3 is 16.4 Å². The van der Waals surface area contributed by atoms with Gasteiger partial charge in [-0.1, -0.05) is 0 Å². The van der Waals surface area contributed by atoms with Gasteiger partial charge in [0.2, 0.25) is 0 Å². The first kappa shape index (κ1) is 28.2. The van der Waals surface area contributed by atoms with Gasteiger partial charge in [0.05, 0.1) is 28.7 Å². The fourth-order valence-electron chi connectivity index (χ4n) is 4.87. The first-order valence-electron chi connectivity index (χ1n) is 11.7. The smallest absolute Gasteiger partial charge is 0.365 e. The molecule has 2 aliphatic rings. The van der Waals surface area contributed by atoms with Crippen molar-refractivity contribution < 1.29 is 35.5 Å². The Morgan fingerprint density at radius 3 is 2.42 bits per heavy atom. The molecule has 1 aliphatic carbocycles. The summed E-state index contributed by atoms with van der Waals surface area (Å²) in [4.78, 5) is 11.1. The Hall–Kier alpha value is -2.84. The van der Waals surface area contributed by atoms with Gasteiger partial charge in [-0.05, 0) is 49.9 Å². The number of sulfone groups is 1. The molecule has 11 nitrogen and oxygen atoms in total. The van der Waals surface area contributed by atoms with Crippen LogP contribution in [0.2, 0.25) is 0 Å². The molecule has 4 unspecified atom stereocenters. The first-order chi connectivity index (χ1) is 17.7. The first-order valence-corrected chi connectivity index (χ1v) is 15.0. The molecule has 1 amide bonds. The van der Waals surface area contributed by atoms with Crippen molar-refractivity contribution in [3.8, 4) is 6.07 Å². The predicted octanol–water partition coefficient (Wildman–Crippen LogP) is 3.36. The average molecular weight is 577 g/mol. The number of hydrogen-bond acceptors (Lipinski definition) is 9. The Morgan fingerprint density at radius 1 is 1.18 bits per heavy atom. The van der Waals surface area contributed by atoms with E-state index in [1.807, 2.05) is 0 Å². The highest BCUT2D eigenvalue weighted by Gasteiger charge is 2.46. The number of anilines is 2. The van der Waals surface area contributed by atoms with E-state index in [2.05, 4.69) is 21.8 Å². The van der Waals surface area contributed by atoms with Crippen LogP contribution >= 0.6 is 10.6 Å². The number of nitrogens with one attached hydrogen (secondary N) is 2. The van der Waals surface area contributed by atoms with Crippen molar-refractivity contribution in [1.29, 1.82) is 5.26 Å². The molecule has 0 radical (unpaired) electrons. The molecule has 2 heterocycles. The van der Waals surface area contributed by atoms with Crippen LogP contribution in [0.15, 0.2) is 35.4 Å². The molecule has 6 N–H and O–H groups in total. The molecule has 1 aromatic heterocycles. The zero-order valence-electron chi connectivity index (χ0n) is 19.9. The largest absolute Gasteiger partial charge is 0.501 e. The molecular formula is C22H27F3N6O5S2. The molecule has 0 bridgehead atoms. The average Bonchev–Trinajstić information content (AvgIpc) is 3.41. The third kappa shape index (κ3) is 5.91. The topological polar surface area (TPSA) is 183 Å². The van der Waals surface area contributed by atoms with Crippen molar-refractivity contribution >= 4 is 37.8 Å². The van der Waals surface area contributed by atoms with Crippen LogP contribution in [0, 0.1) is 17.2 Å². The quantitative estimate of drug-likeness (QED) is 0.330. The predicted molar refractivity (Wildman–Crippen MR) is 134 cm³/mol. The summed E-state index contributed by atoms with van der Waals surface area (Å²) < 4.78 is 82.7. The standard InChI is InChI=1S/C22H27F3N6O5S2/c23-22(24,25)38(35,36)17-4-1-14(2-5-17)29-21-18(20(27)32)11-31(30-21)19-6-3-15(9-13(19)10-26)28-16-7-8-37(33,34)12-16/h1-2,4-5,11,13,15-16,19,28,33-34H,3,6-9,12H2,(H2,27,32)(H,29,30). The summed E-state index contributed by atoms with van der Waals surface area (Å²) in [6.45, 7) is 0. The monoisotopic (exact) mass is 576 g/mol. The number of hydrogen-bond donors (Lipinski definition) is 5. The van der Waals surface area contributed by atoms with E-state index in [0.717, 1.165) is 24.3 Å². The van der Waals surface area contributed by atoms with Crippen LogP contribution in [0.25, 0.3) is 0 Å². The van der Waals surface area contributed by atoms with E-state index in [1.165, 1.54) is 10.9 Å². The van der Waals surface area contributed by atoms with E-state index < -0.39 is 42.7 Å². The number of nitrogens with zero attached hydrogens (tertiary/aromatic N) is 3. The number of aromatic nitrogens is 2. The summed E-state index contributed by atoms with van der Waals surface area (Å²) in [5.74, 6) is -0.621. The van der Waals surface area contributed by atoms with Crippen molar-refractivity contribution in [2.24, 2.45) is 11.7 Å². The van der Waals surface area contributed by atoms with Gasteiger partial charge in [-0.3, -0.25) is 18.6 Å². The van der Waals surface area contributed by atoms with Crippen LogP contribution in [0.5, 0.6) is 0 Å². The summed E-state index contributed by atoms with van der Waals surface area (Å²) in [5.41, 5.74) is 0.217. The number of carbonyl (C=O) groups excluding carboxylic acids is 1. The molecule has 0 spiro atoms. The fraction of sp³-hybridized carbons (Fsp3) is 0.500. The maximum absolute atomic E-state index is 12.8. The van der Waals surface area contributed by atoms with Gasteiger partial charge in [-0.2, -0.15) is 34.1 Å². The second-order valence-electron chi connectivity index (χ2n) is 9.47. The summed E-state index contributed by atoms with van der Waals surface area (Å²) in [6, 6.07) is 5.67. The number of rotatable bonds is 7. The highest BCUT2D eigenvalue weighted by molar-refractivity contribution is 8.24. The minimum atomic E-state index is -5.51. The molecule has 2 fully saturated rings. The van der Waals surface area contributed by atoms with Gasteiger partial charge in [0.25, 0.3) is 15.7 Å². The summed E-state index contributed by atoms with van der Waals surface area (Å²) in [7, 11) is -8.05. The zero-order valence-corrected chi connectivity index (χ0v) is 21.6. The Bertz CT molecular complexity index is 1340. The van der Waals surface area contributed by atoms with E-state index in [-0.39, 0.29) is 35.2 Å². The van der Waals surface area contributed by atoms with E-state index >= 15 is 0 Å². The Kier molecular flexibility index (Phi) is 7.70. The lowest BCUT2D eigenvalue weighted by Crippen LogP contribution is -2.43. The molecule has 4 rings (SSSR count). The van der Waals surface area contributed by atoms with Crippen LogP contribution in [0.4, 0.5) is 24.7 Å². The number of nitriles is 1. The van der Waals surface area contributed by atoms with Crippen molar-refractivity contribution in [2.45, 2.75) is 54.2 Å². The Balaban J connectivity index is 1.49. The number of alkyl halides is 3. The fourth-order valence-corrected chi connectivity index (χ4v) is 7.37. The van der Waals surface area contributed by atoms with Crippen LogP contribution in [-0.4, -0.2) is 62.3 Å². The second kappa shape index (κ2) is 10.4. The van der Waals surface area contributed by atoms with E-state index in [4.69, 9.17) is 5.73 Å². The third-order valence-corrected chi connectivity index (χ3v) is 10.1. The van der Waals surface area contributed by atoms with Crippen LogP contribution in [0.3, 0.4) is 0 Å². The minimum Gasteiger partial charge on any atom is -0.365 e. The molecule has 2 aromatic rings. The number of carbonyl (C=O) groups is 1. The molecule has 16 heteroatoms. The number of amides is 1. The van der Waals surface area contributed by atoms with Crippen molar-refractivity contribution in [1.82, 2.24) is 15.1 Å². The maximum atomic E-state index is 12.8. The molecule has 208 valence electrons. The van der Waals surface area contributed by atoms with E-state index in [0.29, 0.717) is 37.2 Å². The lowest BCUT2D eigenvalue weighted by Gasteiger charge is -2.35. The lowest BCUT2D eigenvalue weighted by atomic mass is 9.82. The number of benzene rings is 1. The number of halogens is 3. The minimum absolute atomic E-state index is 0.00413. The Labute approximate surface area is 218 Å². The van der Waals surface area contributed by atoms with Gasteiger partial charge >= 0.3 is 5.51 Å². The van der Waals surface area contributed by atoms with Crippen molar-refractivity contribution in [3.05, 3.63) is 36.0 Å². The lowest BCUT2D eigenvalue weighted by molar-refractivity contribution is -0.0436. The number of nitrogens with two attached hydrogens (primary N) is 1. The van der Waals surface area contributed by atoms with E-state index in [9.17, 15) is 40.8 Å². The van der Waals surface area contributed by atoms with Crippen LogP contribution in [0.1, 0.15) is 42.1 Å². The van der Waals surface area contributed by atoms with Gasteiger partial charge in [-0.15, -0.1) is 0 Å². The highest BCUT2D eigenvalue weighted by Crippen LogP contribution is 2.46. The molecule has 1 aromatic carbocycles. The van der Waals surface area contributed by atoms with Gasteiger partial charge in [0.15, 0.2) is 5.82 Å². The zero-order chi connectivity index (χ0) is 27.9. The van der Waals surface area contributed by atoms with E-state index in [1.54, 1.807) is 0 Å². The Morgan fingerprint density at radius 2 is 1.87 bits per heavy atom. The van der Waals surface area contributed by atoms with Gasteiger partial charge in [-0.25, -0.2) is 8.42 Å². The van der Waals surface area contributed by atoms with Crippen molar-refractivity contribution in [2.75, 3.05) is 16.8 Å². The molecule has 1 saturated heterocycles. The molecule has 38 heavy (non-hydrogen) atoms. The molecular weight excluding hydrogens is 549 g/mol. The summed E-state index contributed by atoms with van der Waals surface area (Å²) in [6.07, 6.45) is 3.77. The van der Waals surface area contributed by atoms with Crippen LogP contribution in [-0.2, 0) is 9.84 Å².